The van der Waals surface area contributed by atoms with Crippen molar-refractivity contribution >= 4 is 88.3 Å². The number of rotatable bonds is 1. The fraction of sp³-hybridized carbons (Fsp3) is 0.138. The van der Waals surface area contributed by atoms with Crippen molar-refractivity contribution < 1.29 is 0 Å². The number of benzene rings is 9. The summed E-state index contributed by atoms with van der Waals surface area (Å²) < 4.78 is 5.32. The zero-order valence-corrected chi connectivity index (χ0v) is 35.4. The maximum Gasteiger partial charge on any atom is 0.252 e. The minimum atomic E-state index is -0.0374. The lowest BCUT2D eigenvalue weighted by molar-refractivity contribution is 0.590. The standard InChI is InChI=1S/C58H43BN2/c1-57(2,3)37-21-25-47-43(29-37)44-30-38(58(4,5)6)31-46-55(44)60(47)49-27-36(35-19-18-32-12-7-8-13-34(32)26-35)28-50-54(49)59(46)45-23-22-42-40-16-10-9-15-39(40)41-17-11-14-33-20-24-48-53(51(33)41)52(42)56(45)61(48)50/h7-31H,1-6H3. The van der Waals surface area contributed by atoms with E-state index in [1.807, 2.05) is 0 Å². The number of hydrogen-bond donors (Lipinski definition) is 0. The third kappa shape index (κ3) is 4.24. The van der Waals surface area contributed by atoms with Gasteiger partial charge in [-0.3, -0.25) is 0 Å². The molecule has 0 bridgehead atoms. The number of aromatic nitrogens is 2. The Morgan fingerprint density at radius 3 is 1.80 bits per heavy atom. The van der Waals surface area contributed by atoms with E-state index in [0.29, 0.717) is 0 Å². The van der Waals surface area contributed by atoms with E-state index >= 15 is 0 Å². The smallest absolute Gasteiger partial charge is 0.252 e. The molecule has 4 heterocycles. The van der Waals surface area contributed by atoms with Crippen LogP contribution in [0.4, 0.5) is 0 Å². The van der Waals surface area contributed by atoms with Gasteiger partial charge in [-0.15, -0.1) is 0 Å². The molecule has 2 aromatic heterocycles. The van der Waals surface area contributed by atoms with E-state index in [1.165, 1.54) is 137 Å². The highest BCUT2D eigenvalue weighted by Crippen LogP contribution is 2.51. The van der Waals surface area contributed by atoms with Crippen molar-refractivity contribution in [3.8, 4) is 44.8 Å². The topological polar surface area (TPSA) is 9.86 Å². The quantitative estimate of drug-likeness (QED) is 0.147. The molecule has 288 valence electrons. The van der Waals surface area contributed by atoms with Crippen molar-refractivity contribution in [1.29, 1.82) is 0 Å². The van der Waals surface area contributed by atoms with Gasteiger partial charge in [0.05, 0.1) is 16.6 Å². The Morgan fingerprint density at radius 2 is 1.03 bits per heavy atom. The molecule has 3 aliphatic rings. The average molecular weight is 779 g/mol. The molecular weight excluding hydrogens is 735 g/mol. The number of nitrogens with zero attached hydrogens (tertiary/aromatic N) is 2. The van der Waals surface area contributed by atoms with E-state index < -0.39 is 0 Å². The van der Waals surface area contributed by atoms with Gasteiger partial charge < -0.3 is 9.13 Å². The van der Waals surface area contributed by atoms with Gasteiger partial charge in [0, 0.05) is 38.4 Å². The lowest BCUT2D eigenvalue weighted by Crippen LogP contribution is -2.59. The van der Waals surface area contributed by atoms with Gasteiger partial charge in [0.25, 0.3) is 6.71 Å². The van der Waals surface area contributed by atoms with Crippen LogP contribution in [0, 0.1) is 0 Å². The first-order valence-electron chi connectivity index (χ1n) is 22.0. The molecule has 0 N–H and O–H groups in total. The first kappa shape index (κ1) is 33.9. The maximum atomic E-state index is 2.67. The van der Waals surface area contributed by atoms with Crippen LogP contribution in [-0.4, -0.2) is 15.8 Å². The van der Waals surface area contributed by atoms with Crippen molar-refractivity contribution in [2.75, 3.05) is 0 Å². The van der Waals surface area contributed by atoms with E-state index in [9.17, 15) is 0 Å². The Bertz CT molecular complexity index is 3840. The van der Waals surface area contributed by atoms with Crippen LogP contribution in [0.5, 0.6) is 0 Å². The lowest BCUT2D eigenvalue weighted by Gasteiger charge is -2.35. The van der Waals surface area contributed by atoms with Crippen molar-refractivity contribution in [3.05, 3.63) is 163 Å². The largest absolute Gasteiger partial charge is 0.310 e. The van der Waals surface area contributed by atoms with Crippen molar-refractivity contribution in [3.63, 3.8) is 0 Å². The van der Waals surface area contributed by atoms with Crippen molar-refractivity contribution in [2.24, 2.45) is 0 Å². The molecule has 0 radical (unpaired) electrons. The average Bonchev–Trinajstić information content (AvgIpc) is 3.75. The molecule has 61 heavy (non-hydrogen) atoms. The first-order valence-corrected chi connectivity index (χ1v) is 22.0. The van der Waals surface area contributed by atoms with E-state index in [2.05, 4.69) is 202 Å². The summed E-state index contributed by atoms with van der Waals surface area (Å²) in [6.07, 6.45) is 0. The van der Waals surface area contributed by atoms with E-state index in [4.69, 9.17) is 0 Å². The number of hydrogen-bond acceptors (Lipinski definition) is 0. The maximum absolute atomic E-state index is 2.67. The van der Waals surface area contributed by atoms with Gasteiger partial charge in [-0.2, -0.15) is 0 Å². The summed E-state index contributed by atoms with van der Waals surface area (Å²) in [5.74, 6) is 0. The fourth-order valence-corrected chi connectivity index (χ4v) is 11.8. The van der Waals surface area contributed by atoms with Crippen LogP contribution in [0.2, 0.25) is 0 Å². The van der Waals surface area contributed by atoms with Gasteiger partial charge >= 0.3 is 0 Å². The van der Waals surface area contributed by atoms with E-state index in [0.717, 1.165) is 0 Å². The van der Waals surface area contributed by atoms with Crippen LogP contribution in [0.3, 0.4) is 0 Å². The first-order chi connectivity index (χ1) is 29.5. The molecule has 1 aliphatic carbocycles. The summed E-state index contributed by atoms with van der Waals surface area (Å²) in [6.45, 7) is 14.2. The van der Waals surface area contributed by atoms with Crippen LogP contribution in [-0.2, 0) is 10.8 Å². The summed E-state index contributed by atoms with van der Waals surface area (Å²) in [7, 11) is 0. The molecule has 0 amide bonds. The van der Waals surface area contributed by atoms with Crippen LogP contribution in [0.1, 0.15) is 52.7 Å². The highest BCUT2D eigenvalue weighted by molar-refractivity contribution is 7.00. The lowest BCUT2D eigenvalue weighted by atomic mass is 9.34. The predicted octanol–water partition coefficient (Wildman–Crippen LogP) is 13.2. The minimum absolute atomic E-state index is 0.0251. The van der Waals surface area contributed by atoms with Crippen LogP contribution < -0.4 is 16.4 Å². The molecule has 9 aromatic carbocycles. The number of fused-ring (bicyclic) bond motifs is 12. The molecule has 0 saturated carbocycles. The fourth-order valence-electron chi connectivity index (χ4n) is 11.8. The second-order valence-electron chi connectivity index (χ2n) is 20.1. The Morgan fingerprint density at radius 1 is 0.393 bits per heavy atom. The van der Waals surface area contributed by atoms with Gasteiger partial charge in [-0.1, -0.05) is 151 Å². The molecule has 2 aliphatic heterocycles. The van der Waals surface area contributed by atoms with E-state index in [1.54, 1.807) is 0 Å². The van der Waals surface area contributed by atoms with Gasteiger partial charge in [0.1, 0.15) is 0 Å². The minimum Gasteiger partial charge on any atom is -0.310 e. The molecule has 0 spiro atoms. The SMILES string of the molecule is CC(C)(C)c1ccc2c(c1)c1cc(C(C)(C)C)cc3c1n2-c1cc(-c2ccc4ccccc4c2)cc2c1B3c1ccc3c4c5c6c(cccc6ccc5n-2c14)-c1ccccc1-3. The Kier molecular flexibility index (Phi) is 6.18. The summed E-state index contributed by atoms with van der Waals surface area (Å²) in [5.41, 5.74) is 22.5. The highest BCUT2D eigenvalue weighted by atomic mass is 15.0. The van der Waals surface area contributed by atoms with Gasteiger partial charge in [-0.25, -0.2) is 0 Å². The van der Waals surface area contributed by atoms with Crippen LogP contribution in [0.15, 0.2) is 152 Å². The molecule has 0 saturated heterocycles. The second kappa shape index (κ2) is 11.1. The second-order valence-corrected chi connectivity index (χ2v) is 20.1. The molecule has 0 unspecified atom stereocenters. The summed E-state index contributed by atoms with van der Waals surface area (Å²) in [6, 6.07) is 58.9. The Balaban J connectivity index is 1.21. The van der Waals surface area contributed by atoms with Gasteiger partial charge in [0.2, 0.25) is 0 Å². The Hall–Kier alpha value is -6.84. The predicted molar refractivity (Wildman–Crippen MR) is 262 cm³/mol. The molecule has 0 fully saturated rings. The Labute approximate surface area is 355 Å². The molecule has 11 aromatic rings. The molecule has 0 atom stereocenters. The highest BCUT2D eigenvalue weighted by Gasteiger charge is 2.43. The van der Waals surface area contributed by atoms with Gasteiger partial charge in [-0.05, 0) is 136 Å². The summed E-state index contributed by atoms with van der Waals surface area (Å²) in [4.78, 5) is 0. The zero-order chi connectivity index (χ0) is 40.8. The molecule has 3 heteroatoms. The van der Waals surface area contributed by atoms with Gasteiger partial charge in [0.15, 0.2) is 0 Å². The van der Waals surface area contributed by atoms with E-state index in [-0.39, 0.29) is 17.5 Å². The normalized spacial score (nSPS) is 13.7. The third-order valence-electron chi connectivity index (χ3n) is 14.7. The summed E-state index contributed by atoms with van der Waals surface area (Å²) >= 11 is 0. The van der Waals surface area contributed by atoms with Crippen LogP contribution in [0.25, 0.3) is 110 Å². The third-order valence-corrected chi connectivity index (χ3v) is 14.7. The summed E-state index contributed by atoms with van der Waals surface area (Å²) in [5, 5.41) is 10.6. The molecular formula is C58H43BN2. The van der Waals surface area contributed by atoms with Crippen LogP contribution >= 0.6 is 0 Å². The molecule has 14 rings (SSSR count). The molecule has 2 nitrogen and oxygen atoms in total. The monoisotopic (exact) mass is 778 g/mol. The van der Waals surface area contributed by atoms with Crippen molar-refractivity contribution in [1.82, 2.24) is 9.13 Å². The zero-order valence-electron chi connectivity index (χ0n) is 35.4. The van der Waals surface area contributed by atoms with Crippen molar-refractivity contribution in [2.45, 2.75) is 52.4 Å².